The molecule has 1 heterocycles. The van der Waals surface area contributed by atoms with Gasteiger partial charge in [0.2, 0.25) is 10.0 Å². The molecule has 0 aromatic heterocycles. The normalized spacial score (nSPS) is 21.0. The first kappa shape index (κ1) is 35.1. The topological polar surface area (TPSA) is 147 Å². The second kappa shape index (κ2) is 16.1. The van der Waals surface area contributed by atoms with Crippen LogP contribution in [-0.2, 0) is 14.8 Å². The van der Waals surface area contributed by atoms with E-state index >= 15 is 0 Å². The molecule has 12 nitrogen and oxygen atoms in total. The van der Waals surface area contributed by atoms with Crippen LogP contribution in [0.2, 0.25) is 0 Å². The molecule has 1 aliphatic heterocycles. The highest BCUT2D eigenvalue weighted by atomic mass is 32.2. The van der Waals surface area contributed by atoms with Crippen molar-refractivity contribution in [1.29, 1.82) is 0 Å². The first-order valence-corrected chi connectivity index (χ1v) is 16.6. The number of urea groups is 1. The van der Waals surface area contributed by atoms with E-state index in [2.05, 4.69) is 10.6 Å². The third-order valence-corrected chi connectivity index (χ3v) is 8.94. The van der Waals surface area contributed by atoms with E-state index in [9.17, 15) is 23.1 Å². The van der Waals surface area contributed by atoms with Gasteiger partial charge in [-0.15, -0.1) is 0 Å². The molecule has 13 heteroatoms. The molecule has 2 aromatic carbocycles. The Balaban J connectivity index is 1.93. The molecule has 0 spiro atoms. The van der Waals surface area contributed by atoms with E-state index in [4.69, 9.17) is 14.2 Å². The molecule has 0 fully saturated rings. The van der Waals surface area contributed by atoms with Gasteiger partial charge in [-0.2, -0.15) is 0 Å². The van der Waals surface area contributed by atoms with Crippen LogP contribution >= 0.6 is 0 Å². The fraction of sp³-hybridized carbons (Fsp3) is 0.548. The number of likely N-dealkylation sites (N-methyl/N-ethyl adjacent to an activating group) is 1. The highest BCUT2D eigenvalue weighted by Gasteiger charge is 2.31. The lowest BCUT2D eigenvalue weighted by atomic mass is 10.0. The molecule has 0 radical (unpaired) electrons. The van der Waals surface area contributed by atoms with Crippen molar-refractivity contribution in [2.75, 3.05) is 57.4 Å². The molecule has 244 valence electrons. The monoisotopic (exact) mass is 634 g/mol. The number of carbonyl (C=O) groups is 2. The van der Waals surface area contributed by atoms with E-state index in [0.717, 1.165) is 19.1 Å². The van der Waals surface area contributed by atoms with Gasteiger partial charge < -0.3 is 34.9 Å². The molecule has 0 unspecified atom stereocenters. The number of nitrogens with zero attached hydrogens (tertiary/aromatic N) is 2. The summed E-state index contributed by atoms with van der Waals surface area (Å²) in [5, 5.41) is 15.6. The van der Waals surface area contributed by atoms with Crippen LogP contribution in [0.3, 0.4) is 0 Å². The third-order valence-electron chi connectivity index (χ3n) is 7.66. The number of nitrogens with one attached hydrogen (secondary N) is 2. The fourth-order valence-electron chi connectivity index (χ4n) is 4.82. The Morgan fingerprint density at radius 2 is 1.80 bits per heavy atom. The van der Waals surface area contributed by atoms with Crippen LogP contribution in [-0.4, -0.2) is 99.6 Å². The molecule has 1 aliphatic rings. The summed E-state index contributed by atoms with van der Waals surface area (Å²) in [6, 6.07) is 10.7. The predicted molar refractivity (Wildman–Crippen MR) is 170 cm³/mol. The van der Waals surface area contributed by atoms with Crippen LogP contribution in [0.15, 0.2) is 42.5 Å². The van der Waals surface area contributed by atoms with Crippen molar-refractivity contribution in [3.8, 4) is 11.5 Å². The highest BCUT2D eigenvalue weighted by molar-refractivity contribution is 7.88. The number of aliphatic hydroxyl groups is 1. The van der Waals surface area contributed by atoms with Gasteiger partial charge >= 0.3 is 6.03 Å². The summed E-state index contributed by atoms with van der Waals surface area (Å²) in [5.41, 5.74) is 1.17. The van der Waals surface area contributed by atoms with E-state index in [1.807, 2.05) is 13.8 Å². The third kappa shape index (κ3) is 10.1. The summed E-state index contributed by atoms with van der Waals surface area (Å²) in [6.07, 6.45) is 2.73. The van der Waals surface area contributed by atoms with Crippen molar-refractivity contribution in [3.05, 3.63) is 48.0 Å². The minimum absolute atomic E-state index is 0.128. The van der Waals surface area contributed by atoms with Crippen LogP contribution in [0.4, 0.5) is 16.2 Å². The van der Waals surface area contributed by atoms with E-state index in [1.54, 1.807) is 61.4 Å². The summed E-state index contributed by atoms with van der Waals surface area (Å²) in [5.74, 6) is 0.353. The number of sulfonamides is 1. The largest absolute Gasteiger partial charge is 0.497 e. The molecular weight excluding hydrogens is 588 g/mol. The van der Waals surface area contributed by atoms with Gasteiger partial charge in [-0.05, 0) is 75.6 Å². The number of rotatable bonds is 8. The number of fused-ring (bicyclic) bond motifs is 1. The zero-order valence-electron chi connectivity index (χ0n) is 26.4. The number of methoxy groups -OCH3 is 1. The van der Waals surface area contributed by atoms with Crippen LogP contribution in [0.5, 0.6) is 11.5 Å². The van der Waals surface area contributed by atoms with Crippen molar-refractivity contribution in [2.24, 2.45) is 5.92 Å². The SMILES string of the molecule is COc1ccc(NC(=O)Nc2ccc3c(c2)C(=O)N([C@@H](C)CO)C[C@@H](C)[C@@H](CN(C)S(C)(=O)=O)OCCCC[C@@H](C)O3)cc1. The van der Waals surface area contributed by atoms with Crippen molar-refractivity contribution in [3.63, 3.8) is 0 Å². The highest BCUT2D eigenvalue weighted by Crippen LogP contribution is 2.29. The van der Waals surface area contributed by atoms with Gasteiger partial charge in [0.15, 0.2) is 0 Å². The maximum Gasteiger partial charge on any atom is 0.323 e. The lowest BCUT2D eigenvalue weighted by Gasteiger charge is -2.35. The molecule has 0 aliphatic carbocycles. The summed E-state index contributed by atoms with van der Waals surface area (Å²) in [6.45, 7) is 6.03. The molecule has 0 saturated heterocycles. The fourth-order valence-corrected chi connectivity index (χ4v) is 5.24. The Labute approximate surface area is 260 Å². The number of hydrogen-bond donors (Lipinski definition) is 3. The maximum atomic E-state index is 14.2. The van der Waals surface area contributed by atoms with E-state index in [0.29, 0.717) is 35.9 Å². The quantitative estimate of drug-likeness (QED) is 0.395. The van der Waals surface area contributed by atoms with Crippen LogP contribution in [0, 0.1) is 5.92 Å². The number of hydrogen-bond acceptors (Lipinski definition) is 8. The Hall–Kier alpha value is -3.39. The van der Waals surface area contributed by atoms with Crippen molar-refractivity contribution in [2.45, 2.75) is 58.3 Å². The van der Waals surface area contributed by atoms with Gasteiger partial charge in [0, 0.05) is 44.0 Å². The molecule has 3 rings (SSSR count). The van der Waals surface area contributed by atoms with Gasteiger partial charge in [0.1, 0.15) is 11.5 Å². The first-order valence-electron chi connectivity index (χ1n) is 14.8. The van der Waals surface area contributed by atoms with Crippen LogP contribution in [0.1, 0.15) is 50.4 Å². The minimum atomic E-state index is -3.45. The van der Waals surface area contributed by atoms with Gasteiger partial charge in [-0.25, -0.2) is 17.5 Å². The van der Waals surface area contributed by atoms with Crippen LogP contribution < -0.4 is 20.1 Å². The van der Waals surface area contributed by atoms with Gasteiger partial charge in [0.05, 0.1) is 43.8 Å². The van der Waals surface area contributed by atoms with Gasteiger partial charge in [-0.3, -0.25) is 4.79 Å². The van der Waals surface area contributed by atoms with Crippen molar-refractivity contribution in [1.82, 2.24) is 9.21 Å². The molecule has 44 heavy (non-hydrogen) atoms. The zero-order chi connectivity index (χ0) is 32.4. The average molecular weight is 635 g/mol. The number of amides is 3. The summed E-state index contributed by atoms with van der Waals surface area (Å²) >= 11 is 0. The standard InChI is InChI=1S/C31H46N4O8S/c1-21-18-35(22(2)20-36)30(37)27-17-25(33-31(38)32-24-10-13-26(41-5)14-11-24)12-15-28(27)43-23(3)9-7-8-16-42-29(21)19-34(4)44(6,39)40/h10-15,17,21-23,29,36H,7-9,16,18-20H2,1-6H3,(H2,32,33,38)/t21-,22+,23-,29-/m1/s1. The second-order valence-corrected chi connectivity index (χ2v) is 13.5. The summed E-state index contributed by atoms with van der Waals surface area (Å²) in [4.78, 5) is 28.5. The van der Waals surface area contributed by atoms with E-state index in [-0.39, 0.29) is 37.3 Å². The Bertz CT molecular complexity index is 1350. The minimum Gasteiger partial charge on any atom is -0.497 e. The number of carbonyl (C=O) groups excluding carboxylic acids is 2. The lowest BCUT2D eigenvalue weighted by Crippen LogP contribution is -2.47. The van der Waals surface area contributed by atoms with E-state index in [1.165, 1.54) is 11.4 Å². The number of ether oxygens (including phenoxy) is 3. The van der Waals surface area contributed by atoms with Gasteiger partial charge in [-0.1, -0.05) is 6.92 Å². The maximum absolute atomic E-state index is 14.2. The van der Waals surface area contributed by atoms with Crippen molar-refractivity contribution >= 4 is 33.3 Å². The lowest BCUT2D eigenvalue weighted by molar-refractivity contribution is -0.00828. The summed E-state index contributed by atoms with van der Waals surface area (Å²) in [7, 11) is -0.382. The summed E-state index contributed by atoms with van der Waals surface area (Å²) < 4.78 is 43.2. The number of aliphatic hydroxyl groups excluding tert-OH is 1. The average Bonchev–Trinajstić information content (AvgIpc) is 2.98. The molecule has 0 saturated carbocycles. The molecule has 3 amide bonds. The Morgan fingerprint density at radius 1 is 1.14 bits per heavy atom. The first-order chi connectivity index (χ1) is 20.8. The molecule has 3 N–H and O–H groups in total. The zero-order valence-corrected chi connectivity index (χ0v) is 27.2. The molecule has 0 bridgehead atoms. The smallest absolute Gasteiger partial charge is 0.323 e. The number of benzene rings is 2. The van der Waals surface area contributed by atoms with Crippen LogP contribution in [0.25, 0.3) is 0 Å². The Kier molecular flexibility index (Phi) is 12.8. The van der Waals surface area contributed by atoms with Gasteiger partial charge in [0.25, 0.3) is 5.91 Å². The van der Waals surface area contributed by atoms with Crippen molar-refractivity contribution < 1.29 is 37.3 Å². The predicted octanol–water partition coefficient (Wildman–Crippen LogP) is 4.03. The number of anilines is 2. The molecular formula is C31H46N4O8S. The second-order valence-electron chi connectivity index (χ2n) is 11.4. The van der Waals surface area contributed by atoms with E-state index < -0.39 is 34.1 Å². The molecule has 2 aromatic rings. The molecule has 4 atom stereocenters. The Morgan fingerprint density at radius 3 is 2.43 bits per heavy atom.